The number of aromatic carboxylic acids is 1. The minimum absolute atomic E-state index is 0.137. The fourth-order valence-electron chi connectivity index (χ4n) is 2.33. The number of carbonyl (C=O) groups is 1. The third-order valence-electron chi connectivity index (χ3n) is 3.19. The number of ether oxygens (including phenoxy) is 1. The van der Waals surface area contributed by atoms with E-state index < -0.39 is 5.97 Å². The first-order chi connectivity index (χ1) is 9.72. The lowest BCUT2D eigenvalue weighted by Gasteiger charge is -2.07. The SMILES string of the molecule is COc1ccncc1-c1c(C(=O)O)[nH]c2ccccc12. The molecule has 5 heteroatoms. The molecule has 0 saturated carbocycles. The summed E-state index contributed by atoms with van der Waals surface area (Å²) in [5.41, 5.74) is 2.16. The summed E-state index contributed by atoms with van der Waals surface area (Å²) in [6.45, 7) is 0. The van der Waals surface area contributed by atoms with Crippen LogP contribution in [0.4, 0.5) is 0 Å². The first kappa shape index (κ1) is 12.2. The van der Waals surface area contributed by atoms with Crippen molar-refractivity contribution in [3.63, 3.8) is 0 Å². The first-order valence-corrected chi connectivity index (χ1v) is 6.04. The van der Waals surface area contributed by atoms with Gasteiger partial charge in [-0.1, -0.05) is 18.2 Å². The van der Waals surface area contributed by atoms with E-state index in [1.54, 1.807) is 25.6 Å². The number of carboxylic acid groups (broad SMARTS) is 1. The van der Waals surface area contributed by atoms with Crippen molar-refractivity contribution in [1.29, 1.82) is 0 Å². The largest absolute Gasteiger partial charge is 0.496 e. The van der Waals surface area contributed by atoms with Crippen molar-refractivity contribution in [3.05, 3.63) is 48.4 Å². The number of carboxylic acids is 1. The molecule has 0 spiro atoms. The molecular formula is C15H12N2O3. The van der Waals surface area contributed by atoms with Crippen molar-refractivity contribution in [2.45, 2.75) is 0 Å². The summed E-state index contributed by atoms with van der Waals surface area (Å²) < 4.78 is 5.31. The molecule has 5 nitrogen and oxygen atoms in total. The summed E-state index contributed by atoms with van der Waals surface area (Å²) in [5, 5.41) is 10.2. The van der Waals surface area contributed by atoms with Gasteiger partial charge in [-0.15, -0.1) is 0 Å². The maximum Gasteiger partial charge on any atom is 0.352 e. The number of H-pyrrole nitrogens is 1. The smallest absolute Gasteiger partial charge is 0.352 e. The van der Waals surface area contributed by atoms with E-state index in [1.165, 1.54) is 0 Å². The number of hydrogen-bond donors (Lipinski definition) is 2. The van der Waals surface area contributed by atoms with Crippen LogP contribution in [0.15, 0.2) is 42.7 Å². The van der Waals surface area contributed by atoms with E-state index in [4.69, 9.17) is 4.74 Å². The molecule has 0 atom stereocenters. The van der Waals surface area contributed by atoms with Crippen LogP contribution in [0, 0.1) is 0 Å². The van der Waals surface area contributed by atoms with Gasteiger partial charge in [0.2, 0.25) is 0 Å². The van der Waals surface area contributed by atoms with E-state index >= 15 is 0 Å². The van der Waals surface area contributed by atoms with Crippen molar-refractivity contribution in [3.8, 4) is 16.9 Å². The Balaban J connectivity index is 2.39. The number of nitrogens with zero attached hydrogens (tertiary/aromatic N) is 1. The van der Waals surface area contributed by atoms with Gasteiger partial charge < -0.3 is 14.8 Å². The summed E-state index contributed by atoms with van der Waals surface area (Å²) >= 11 is 0. The van der Waals surface area contributed by atoms with Crippen LogP contribution in [0.2, 0.25) is 0 Å². The minimum atomic E-state index is -1.01. The summed E-state index contributed by atoms with van der Waals surface area (Å²) in [6.07, 6.45) is 3.22. The molecular weight excluding hydrogens is 256 g/mol. The molecule has 0 aliphatic carbocycles. The lowest BCUT2D eigenvalue weighted by molar-refractivity contribution is 0.0692. The standard InChI is InChI=1S/C15H12N2O3/c1-20-12-6-7-16-8-10(12)13-9-4-2-3-5-11(9)17-14(13)15(18)19/h2-8,17H,1H3,(H,18,19). The number of para-hydroxylation sites is 1. The predicted octanol–water partition coefficient (Wildman–Crippen LogP) is 2.94. The van der Waals surface area contributed by atoms with Gasteiger partial charge in [0.15, 0.2) is 0 Å². The summed E-state index contributed by atoms with van der Waals surface area (Å²) in [7, 11) is 1.55. The van der Waals surface area contributed by atoms with Crippen molar-refractivity contribution in [2.75, 3.05) is 7.11 Å². The highest BCUT2D eigenvalue weighted by Gasteiger charge is 2.20. The van der Waals surface area contributed by atoms with E-state index in [2.05, 4.69) is 9.97 Å². The fourth-order valence-corrected chi connectivity index (χ4v) is 2.33. The highest BCUT2D eigenvalue weighted by Crippen LogP contribution is 2.37. The Morgan fingerprint density at radius 3 is 2.85 bits per heavy atom. The highest BCUT2D eigenvalue weighted by molar-refractivity contribution is 6.08. The second-order valence-corrected chi connectivity index (χ2v) is 4.30. The Morgan fingerprint density at radius 1 is 1.30 bits per heavy atom. The Kier molecular flexibility index (Phi) is 2.87. The third-order valence-corrected chi connectivity index (χ3v) is 3.19. The Bertz CT molecular complexity index is 793. The van der Waals surface area contributed by atoms with Crippen molar-refractivity contribution < 1.29 is 14.6 Å². The van der Waals surface area contributed by atoms with Gasteiger partial charge in [-0.05, 0) is 12.1 Å². The molecule has 0 bridgehead atoms. The van der Waals surface area contributed by atoms with Crippen LogP contribution in [-0.4, -0.2) is 28.2 Å². The summed E-state index contributed by atoms with van der Waals surface area (Å²) in [4.78, 5) is 18.5. The summed E-state index contributed by atoms with van der Waals surface area (Å²) in [5.74, 6) is -0.422. The topological polar surface area (TPSA) is 75.2 Å². The summed E-state index contributed by atoms with van der Waals surface area (Å²) in [6, 6.07) is 9.15. The van der Waals surface area contributed by atoms with E-state index in [0.717, 1.165) is 10.9 Å². The average molecular weight is 268 g/mol. The molecule has 3 rings (SSSR count). The van der Waals surface area contributed by atoms with Crippen LogP contribution < -0.4 is 4.74 Å². The molecule has 20 heavy (non-hydrogen) atoms. The lowest BCUT2D eigenvalue weighted by atomic mass is 10.0. The molecule has 100 valence electrons. The molecule has 2 heterocycles. The number of methoxy groups -OCH3 is 1. The Hall–Kier alpha value is -2.82. The number of nitrogens with one attached hydrogen (secondary N) is 1. The quantitative estimate of drug-likeness (QED) is 0.765. The van der Waals surface area contributed by atoms with Crippen molar-refractivity contribution in [2.24, 2.45) is 0 Å². The molecule has 0 radical (unpaired) electrons. The Labute approximate surface area is 114 Å². The molecule has 0 fully saturated rings. The molecule has 2 N–H and O–H groups in total. The monoisotopic (exact) mass is 268 g/mol. The van der Waals surface area contributed by atoms with Crippen LogP contribution in [0.5, 0.6) is 5.75 Å². The number of pyridine rings is 1. The van der Waals surface area contributed by atoms with Crippen molar-refractivity contribution >= 4 is 16.9 Å². The van der Waals surface area contributed by atoms with E-state index in [-0.39, 0.29) is 5.69 Å². The number of aromatic amines is 1. The van der Waals surface area contributed by atoms with E-state index in [0.29, 0.717) is 16.9 Å². The predicted molar refractivity (Wildman–Crippen MR) is 75.0 cm³/mol. The number of rotatable bonds is 3. The van der Waals surface area contributed by atoms with Crippen molar-refractivity contribution in [1.82, 2.24) is 9.97 Å². The molecule has 1 aromatic carbocycles. The molecule has 0 unspecified atom stereocenters. The molecule has 3 aromatic rings. The van der Waals surface area contributed by atoms with E-state index in [9.17, 15) is 9.90 Å². The lowest BCUT2D eigenvalue weighted by Crippen LogP contribution is -2.00. The maximum absolute atomic E-state index is 11.5. The third kappa shape index (κ3) is 1.80. The van der Waals surface area contributed by atoms with Gasteiger partial charge in [0, 0.05) is 34.4 Å². The second kappa shape index (κ2) is 4.70. The number of benzene rings is 1. The zero-order chi connectivity index (χ0) is 14.1. The average Bonchev–Trinajstić information content (AvgIpc) is 2.86. The zero-order valence-corrected chi connectivity index (χ0v) is 10.8. The van der Waals surface area contributed by atoms with Gasteiger partial charge >= 0.3 is 5.97 Å². The molecule has 2 aromatic heterocycles. The van der Waals surface area contributed by atoms with Gasteiger partial charge in [0.25, 0.3) is 0 Å². The maximum atomic E-state index is 11.5. The van der Waals surface area contributed by atoms with Gasteiger partial charge in [0.05, 0.1) is 7.11 Å². The minimum Gasteiger partial charge on any atom is -0.496 e. The van der Waals surface area contributed by atoms with Gasteiger partial charge in [-0.3, -0.25) is 4.98 Å². The van der Waals surface area contributed by atoms with Crippen LogP contribution >= 0.6 is 0 Å². The van der Waals surface area contributed by atoms with Crippen LogP contribution in [0.1, 0.15) is 10.5 Å². The highest BCUT2D eigenvalue weighted by atomic mass is 16.5. The van der Waals surface area contributed by atoms with E-state index in [1.807, 2.05) is 24.3 Å². The number of aromatic nitrogens is 2. The zero-order valence-electron chi connectivity index (χ0n) is 10.8. The van der Waals surface area contributed by atoms with Crippen LogP contribution in [0.25, 0.3) is 22.0 Å². The normalized spacial score (nSPS) is 10.7. The second-order valence-electron chi connectivity index (χ2n) is 4.30. The number of hydrogen-bond acceptors (Lipinski definition) is 3. The van der Waals surface area contributed by atoms with Crippen LogP contribution in [0.3, 0.4) is 0 Å². The van der Waals surface area contributed by atoms with Gasteiger partial charge in [0.1, 0.15) is 11.4 Å². The fraction of sp³-hybridized carbons (Fsp3) is 0.0667. The molecule has 0 aliphatic heterocycles. The Morgan fingerprint density at radius 2 is 2.10 bits per heavy atom. The van der Waals surface area contributed by atoms with Crippen LogP contribution in [-0.2, 0) is 0 Å². The van der Waals surface area contributed by atoms with Gasteiger partial charge in [-0.2, -0.15) is 0 Å². The number of fused-ring (bicyclic) bond motifs is 1. The first-order valence-electron chi connectivity index (χ1n) is 6.04. The molecule has 0 aliphatic rings. The van der Waals surface area contributed by atoms with Gasteiger partial charge in [-0.25, -0.2) is 4.79 Å². The molecule has 0 amide bonds. The molecule has 0 saturated heterocycles.